The molecule has 3 aromatic carbocycles. The minimum absolute atomic E-state index is 0.393. The lowest BCUT2D eigenvalue weighted by Gasteiger charge is -2.10. The predicted octanol–water partition coefficient (Wildman–Crippen LogP) is 5.65. The second-order valence-electron chi connectivity index (χ2n) is 7.71. The fraction of sp³-hybridized carbons (Fsp3) is 0.231. The molecule has 8 heteroatoms. The van der Waals surface area contributed by atoms with E-state index in [-0.39, 0.29) is 0 Å². The maximum Gasteiger partial charge on any atom is 0.160 e. The van der Waals surface area contributed by atoms with Crippen molar-refractivity contribution in [1.82, 2.24) is 20.3 Å². The van der Waals surface area contributed by atoms with Gasteiger partial charge in [0.2, 0.25) is 0 Å². The molecule has 0 spiro atoms. The van der Waals surface area contributed by atoms with E-state index in [4.69, 9.17) is 42.9 Å². The van der Waals surface area contributed by atoms with Crippen molar-refractivity contribution in [3.63, 3.8) is 0 Å². The lowest BCUT2D eigenvalue weighted by Crippen LogP contribution is -2.17. The van der Waals surface area contributed by atoms with Gasteiger partial charge in [0.15, 0.2) is 11.5 Å². The first-order chi connectivity index (χ1) is 16.6. The Kier molecular flexibility index (Phi) is 8.06. The molecule has 0 aliphatic carbocycles. The fourth-order valence-electron chi connectivity index (χ4n) is 3.69. The molecule has 1 aromatic heterocycles. The second-order valence-corrected chi connectivity index (χ2v) is 8.52. The molecule has 0 aliphatic rings. The Morgan fingerprint density at radius 2 is 1.59 bits per heavy atom. The topological polar surface area (TPSA) is 61.2 Å². The molecule has 4 aromatic rings. The maximum absolute atomic E-state index is 6.36. The third-order valence-electron chi connectivity index (χ3n) is 5.46. The molecule has 0 amide bonds. The number of aromatic nitrogens is 3. The smallest absolute Gasteiger partial charge is 0.160 e. The summed E-state index contributed by atoms with van der Waals surface area (Å²) < 4.78 is 10.7. The molecule has 6 nitrogen and oxygen atoms in total. The molecule has 0 unspecified atom stereocenters. The van der Waals surface area contributed by atoms with E-state index in [1.165, 1.54) is 0 Å². The summed E-state index contributed by atoms with van der Waals surface area (Å²) >= 11 is 12.7. The Balaban J connectivity index is 1.48. The van der Waals surface area contributed by atoms with Gasteiger partial charge in [-0.2, -0.15) is 15.0 Å². The van der Waals surface area contributed by atoms with Gasteiger partial charge in [-0.3, -0.25) is 0 Å². The molecule has 0 fully saturated rings. The molecule has 1 heterocycles. The average Bonchev–Trinajstić information content (AvgIpc) is 3.27. The molecule has 0 bridgehead atoms. The Labute approximate surface area is 209 Å². The summed E-state index contributed by atoms with van der Waals surface area (Å²) in [4.78, 5) is 1.65. The molecule has 0 atom stereocenters. The summed E-state index contributed by atoms with van der Waals surface area (Å²) in [5, 5.41) is 14.2. The van der Waals surface area contributed by atoms with E-state index in [1.807, 2.05) is 66.7 Å². The molecule has 0 aliphatic heterocycles. The summed E-state index contributed by atoms with van der Waals surface area (Å²) in [5.74, 6) is 1.45. The molecule has 1 N–H and O–H groups in total. The van der Waals surface area contributed by atoms with Crippen LogP contribution in [0.25, 0.3) is 11.3 Å². The largest absolute Gasteiger partial charge is 0.493 e. The zero-order valence-electron chi connectivity index (χ0n) is 19.1. The Bertz CT molecular complexity index is 1220. The summed E-state index contributed by atoms with van der Waals surface area (Å²) in [6.45, 7) is 1.74. The first kappa shape index (κ1) is 24.1. The number of hydrogen-bond acceptors (Lipinski definition) is 5. The van der Waals surface area contributed by atoms with Crippen LogP contribution in [0, 0.1) is 0 Å². The minimum atomic E-state index is 0.393. The first-order valence-electron chi connectivity index (χ1n) is 10.9. The van der Waals surface area contributed by atoms with Crippen molar-refractivity contribution < 1.29 is 9.47 Å². The number of rotatable bonds is 10. The molecular formula is C26H26Cl2N4O2. The van der Waals surface area contributed by atoms with Gasteiger partial charge in [-0.05, 0) is 42.8 Å². The van der Waals surface area contributed by atoms with Gasteiger partial charge in [0.25, 0.3) is 0 Å². The summed E-state index contributed by atoms with van der Waals surface area (Å²) in [6, 6.07) is 21.5. The van der Waals surface area contributed by atoms with Crippen LogP contribution in [0.5, 0.6) is 11.5 Å². The van der Waals surface area contributed by atoms with E-state index in [0.717, 1.165) is 52.5 Å². The maximum atomic E-state index is 6.36. The quantitative estimate of drug-likeness (QED) is 0.287. The Hall–Kier alpha value is -3.06. The van der Waals surface area contributed by atoms with Gasteiger partial charge in [0, 0.05) is 27.7 Å². The minimum Gasteiger partial charge on any atom is -0.493 e. The summed E-state index contributed by atoms with van der Waals surface area (Å²) in [7, 11) is 3.28. The van der Waals surface area contributed by atoms with Gasteiger partial charge >= 0.3 is 0 Å². The monoisotopic (exact) mass is 496 g/mol. The lowest BCUT2D eigenvalue weighted by molar-refractivity contribution is 0.354. The van der Waals surface area contributed by atoms with Crippen molar-refractivity contribution >= 4 is 23.2 Å². The van der Waals surface area contributed by atoms with E-state index in [9.17, 15) is 0 Å². The van der Waals surface area contributed by atoms with E-state index in [1.54, 1.807) is 19.0 Å². The van der Waals surface area contributed by atoms with Crippen molar-refractivity contribution in [3.05, 3.63) is 93.6 Å². The van der Waals surface area contributed by atoms with Crippen LogP contribution >= 0.6 is 23.2 Å². The van der Waals surface area contributed by atoms with Gasteiger partial charge in [-0.1, -0.05) is 65.7 Å². The number of ether oxygens (including phenoxy) is 2. The second kappa shape index (κ2) is 11.4. The van der Waals surface area contributed by atoms with Crippen LogP contribution in [0.4, 0.5) is 0 Å². The Morgan fingerprint density at radius 3 is 2.29 bits per heavy atom. The lowest BCUT2D eigenvalue weighted by atomic mass is 10.1. The van der Waals surface area contributed by atoms with Crippen molar-refractivity contribution in [3.8, 4) is 22.8 Å². The fourth-order valence-corrected chi connectivity index (χ4v) is 4.21. The van der Waals surface area contributed by atoms with Crippen LogP contribution in [-0.2, 0) is 19.5 Å². The van der Waals surface area contributed by atoms with E-state index < -0.39 is 0 Å². The first-order valence-corrected chi connectivity index (χ1v) is 11.7. The number of benzene rings is 3. The van der Waals surface area contributed by atoms with E-state index >= 15 is 0 Å². The van der Waals surface area contributed by atoms with Gasteiger partial charge in [-0.25, -0.2) is 0 Å². The van der Waals surface area contributed by atoms with Gasteiger partial charge < -0.3 is 14.8 Å². The highest BCUT2D eigenvalue weighted by atomic mass is 35.5. The molecule has 0 radical (unpaired) electrons. The molecule has 0 saturated carbocycles. The van der Waals surface area contributed by atoms with Gasteiger partial charge in [-0.15, -0.1) is 0 Å². The SMILES string of the molecule is COc1ccc(CCNCc2nn(Cc3c(Cl)cccc3Cl)nc2-c2ccccc2)cc1OC. The van der Waals surface area contributed by atoms with Crippen molar-refractivity contribution in [2.75, 3.05) is 20.8 Å². The number of halogens is 2. The number of methoxy groups -OCH3 is 2. The molecule has 176 valence electrons. The highest BCUT2D eigenvalue weighted by molar-refractivity contribution is 6.35. The molecular weight excluding hydrogens is 471 g/mol. The summed E-state index contributed by atoms with van der Waals surface area (Å²) in [6.07, 6.45) is 0.838. The van der Waals surface area contributed by atoms with Crippen LogP contribution < -0.4 is 14.8 Å². The van der Waals surface area contributed by atoms with Crippen LogP contribution in [0.1, 0.15) is 16.8 Å². The average molecular weight is 497 g/mol. The summed E-state index contributed by atoms with van der Waals surface area (Å²) in [5.41, 5.74) is 4.67. The van der Waals surface area contributed by atoms with Crippen LogP contribution in [-0.4, -0.2) is 35.8 Å². The molecule has 4 rings (SSSR count). The van der Waals surface area contributed by atoms with Crippen LogP contribution in [0.2, 0.25) is 10.0 Å². The highest BCUT2D eigenvalue weighted by Gasteiger charge is 2.15. The number of hydrogen-bond donors (Lipinski definition) is 1. The standard InChI is InChI=1S/C26H26Cl2N4O2/c1-33-24-12-11-18(15-25(24)34-2)13-14-29-16-23-26(19-7-4-3-5-8-19)31-32(30-23)17-20-21(27)9-6-10-22(20)28/h3-12,15,29H,13-14,16-17H2,1-2H3. The normalized spacial score (nSPS) is 10.9. The van der Waals surface area contributed by atoms with Crippen molar-refractivity contribution in [2.24, 2.45) is 0 Å². The van der Waals surface area contributed by atoms with E-state index in [0.29, 0.717) is 23.1 Å². The number of nitrogens with zero attached hydrogens (tertiary/aromatic N) is 3. The van der Waals surface area contributed by atoms with Crippen LogP contribution in [0.3, 0.4) is 0 Å². The predicted molar refractivity (Wildman–Crippen MR) is 136 cm³/mol. The van der Waals surface area contributed by atoms with Crippen molar-refractivity contribution in [2.45, 2.75) is 19.5 Å². The van der Waals surface area contributed by atoms with Gasteiger partial charge in [0.1, 0.15) is 11.4 Å². The molecule has 0 saturated heterocycles. The Morgan fingerprint density at radius 1 is 0.853 bits per heavy atom. The number of nitrogens with one attached hydrogen (secondary N) is 1. The van der Waals surface area contributed by atoms with Gasteiger partial charge in [0.05, 0.1) is 20.8 Å². The van der Waals surface area contributed by atoms with E-state index in [2.05, 4.69) is 5.32 Å². The van der Waals surface area contributed by atoms with Crippen LogP contribution in [0.15, 0.2) is 66.7 Å². The zero-order valence-corrected chi connectivity index (χ0v) is 20.6. The molecule has 34 heavy (non-hydrogen) atoms. The third kappa shape index (κ3) is 5.70. The highest BCUT2D eigenvalue weighted by Crippen LogP contribution is 2.28. The zero-order chi connectivity index (χ0) is 23.9. The third-order valence-corrected chi connectivity index (χ3v) is 6.17. The van der Waals surface area contributed by atoms with Crippen molar-refractivity contribution in [1.29, 1.82) is 0 Å².